The second-order valence-corrected chi connectivity index (χ2v) is 3.56. The van der Waals surface area contributed by atoms with E-state index >= 15 is 0 Å². The number of hydrogen-bond acceptors (Lipinski definition) is 1. The molecule has 7 heteroatoms. The van der Waals surface area contributed by atoms with Crippen LogP contribution in [0, 0.1) is 0 Å². The standard InChI is InChI=1S/C11H9F6N/c1-2-9(18)7-4-3-6(10(12,13)14)5-8(7)11(15,16)17/h2-5,9H,1,18H2/t9-/m1/s1. The lowest BCUT2D eigenvalue weighted by Gasteiger charge is -2.18. The summed E-state index contributed by atoms with van der Waals surface area (Å²) in [5.41, 5.74) is 2.15. The van der Waals surface area contributed by atoms with Gasteiger partial charge in [0.05, 0.1) is 11.1 Å². The second kappa shape index (κ2) is 4.64. The first kappa shape index (κ1) is 14.6. The average Bonchev–Trinajstić information content (AvgIpc) is 2.24. The summed E-state index contributed by atoms with van der Waals surface area (Å²) in [6.45, 7) is 3.22. The second-order valence-electron chi connectivity index (χ2n) is 3.56. The summed E-state index contributed by atoms with van der Waals surface area (Å²) in [4.78, 5) is 0. The Bertz CT molecular complexity index is 446. The summed E-state index contributed by atoms with van der Waals surface area (Å²) in [6.07, 6.45) is -8.72. The molecule has 0 saturated carbocycles. The molecule has 0 unspecified atom stereocenters. The van der Waals surface area contributed by atoms with Gasteiger partial charge in [0.2, 0.25) is 0 Å². The lowest BCUT2D eigenvalue weighted by molar-refractivity contribution is -0.143. The normalized spacial score (nSPS) is 14.4. The molecular formula is C11H9F6N. The van der Waals surface area contributed by atoms with Crippen molar-refractivity contribution in [3.63, 3.8) is 0 Å². The molecule has 0 bridgehead atoms. The lowest BCUT2D eigenvalue weighted by Crippen LogP contribution is -2.18. The first-order valence-corrected chi connectivity index (χ1v) is 4.74. The molecule has 0 spiro atoms. The number of hydrogen-bond donors (Lipinski definition) is 1. The summed E-state index contributed by atoms with van der Waals surface area (Å²) in [7, 11) is 0. The van der Waals surface area contributed by atoms with Crippen LogP contribution in [0.5, 0.6) is 0 Å². The Hall–Kier alpha value is -1.50. The van der Waals surface area contributed by atoms with Gasteiger partial charge >= 0.3 is 12.4 Å². The average molecular weight is 269 g/mol. The Morgan fingerprint density at radius 3 is 2.00 bits per heavy atom. The third-order valence-corrected chi connectivity index (χ3v) is 2.30. The van der Waals surface area contributed by atoms with Crippen LogP contribution in [-0.2, 0) is 12.4 Å². The molecule has 0 aliphatic rings. The van der Waals surface area contributed by atoms with E-state index in [2.05, 4.69) is 6.58 Å². The maximum Gasteiger partial charge on any atom is 0.416 e. The van der Waals surface area contributed by atoms with Gasteiger partial charge in [-0.1, -0.05) is 12.1 Å². The van der Waals surface area contributed by atoms with Crippen molar-refractivity contribution >= 4 is 0 Å². The zero-order valence-electron chi connectivity index (χ0n) is 8.94. The van der Waals surface area contributed by atoms with Crippen LogP contribution in [0.4, 0.5) is 26.3 Å². The van der Waals surface area contributed by atoms with Crippen molar-refractivity contribution in [2.45, 2.75) is 18.4 Å². The van der Waals surface area contributed by atoms with Crippen LogP contribution in [0.25, 0.3) is 0 Å². The van der Waals surface area contributed by atoms with Crippen LogP contribution in [0.3, 0.4) is 0 Å². The van der Waals surface area contributed by atoms with E-state index in [-0.39, 0.29) is 6.07 Å². The number of rotatable bonds is 2. The van der Waals surface area contributed by atoms with E-state index in [0.717, 1.165) is 12.1 Å². The van der Waals surface area contributed by atoms with Gasteiger partial charge < -0.3 is 5.73 Å². The Morgan fingerprint density at radius 2 is 1.61 bits per heavy atom. The Labute approximate surface area is 98.9 Å². The zero-order valence-corrected chi connectivity index (χ0v) is 8.94. The van der Waals surface area contributed by atoms with Crippen LogP contribution >= 0.6 is 0 Å². The number of benzene rings is 1. The molecule has 1 aromatic carbocycles. The SMILES string of the molecule is C=C[C@@H](N)c1ccc(C(F)(F)F)cc1C(F)(F)F. The molecule has 0 aromatic heterocycles. The van der Waals surface area contributed by atoms with Crippen molar-refractivity contribution in [1.82, 2.24) is 0 Å². The molecule has 0 amide bonds. The molecule has 0 saturated heterocycles. The predicted octanol–water partition coefficient (Wildman–Crippen LogP) is 3.91. The van der Waals surface area contributed by atoms with E-state index in [1.54, 1.807) is 0 Å². The van der Waals surface area contributed by atoms with E-state index < -0.39 is 35.1 Å². The molecule has 1 nitrogen and oxygen atoms in total. The van der Waals surface area contributed by atoms with E-state index in [9.17, 15) is 26.3 Å². The highest BCUT2D eigenvalue weighted by molar-refractivity contribution is 5.38. The maximum absolute atomic E-state index is 12.7. The molecule has 1 atom stereocenters. The third kappa shape index (κ3) is 3.04. The van der Waals surface area contributed by atoms with Crippen molar-refractivity contribution in [1.29, 1.82) is 0 Å². The van der Waals surface area contributed by atoms with Crippen molar-refractivity contribution in [2.24, 2.45) is 5.73 Å². The first-order chi connectivity index (χ1) is 8.07. The van der Waals surface area contributed by atoms with Crippen molar-refractivity contribution in [3.8, 4) is 0 Å². The van der Waals surface area contributed by atoms with Crippen LogP contribution in [-0.4, -0.2) is 0 Å². The molecule has 100 valence electrons. The topological polar surface area (TPSA) is 26.0 Å². The van der Waals surface area contributed by atoms with Crippen LogP contribution in [0.1, 0.15) is 22.7 Å². The summed E-state index contributed by atoms with van der Waals surface area (Å²) in [6, 6.07) is 0.161. The van der Waals surface area contributed by atoms with E-state index in [0.29, 0.717) is 6.07 Å². The summed E-state index contributed by atoms with van der Waals surface area (Å²) >= 11 is 0. The fourth-order valence-corrected chi connectivity index (χ4v) is 1.40. The van der Waals surface area contributed by atoms with Crippen molar-refractivity contribution < 1.29 is 26.3 Å². The predicted molar refractivity (Wildman–Crippen MR) is 53.6 cm³/mol. The molecule has 0 radical (unpaired) electrons. The molecule has 0 aliphatic carbocycles. The Kier molecular flexibility index (Phi) is 3.75. The Morgan fingerprint density at radius 1 is 1.06 bits per heavy atom. The van der Waals surface area contributed by atoms with E-state index in [1.807, 2.05) is 0 Å². The molecule has 2 N–H and O–H groups in total. The molecule has 18 heavy (non-hydrogen) atoms. The quantitative estimate of drug-likeness (QED) is 0.639. The highest BCUT2D eigenvalue weighted by Gasteiger charge is 2.38. The largest absolute Gasteiger partial charge is 0.416 e. The minimum atomic E-state index is -4.91. The molecule has 0 heterocycles. The number of alkyl halides is 6. The lowest BCUT2D eigenvalue weighted by atomic mass is 9.97. The van der Waals surface area contributed by atoms with Crippen LogP contribution < -0.4 is 5.73 Å². The molecule has 1 rings (SSSR count). The van der Waals surface area contributed by atoms with Crippen molar-refractivity contribution in [2.75, 3.05) is 0 Å². The van der Waals surface area contributed by atoms with E-state index in [1.165, 1.54) is 0 Å². The van der Waals surface area contributed by atoms with Gasteiger partial charge in [-0.05, 0) is 17.7 Å². The summed E-state index contributed by atoms with van der Waals surface area (Å²) in [5, 5.41) is 0. The van der Waals surface area contributed by atoms with Gasteiger partial charge in [0, 0.05) is 6.04 Å². The smallest absolute Gasteiger partial charge is 0.321 e. The highest BCUT2D eigenvalue weighted by Crippen LogP contribution is 2.38. The van der Waals surface area contributed by atoms with Crippen molar-refractivity contribution in [3.05, 3.63) is 47.5 Å². The molecular weight excluding hydrogens is 260 g/mol. The summed E-state index contributed by atoms with van der Waals surface area (Å²) < 4.78 is 75.0. The fraction of sp³-hybridized carbons (Fsp3) is 0.273. The Balaban J connectivity index is 3.44. The van der Waals surface area contributed by atoms with Crippen LogP contribution in [0.15, 0.2) is 30.9 Å². The first-order valence-electron chi connectivity index (χ1n) is 4.74. The monoisotopic (exact) mass is 269 g/mol. The van der Waals surface area contributed by atoms with Gasteiger partial charge in [-0.15, -0.1) is 6.58 Å². The highest BCUT2D eigenvalue weighted by atomic mass is 19.4. The zero-order chi connectivity index (χ0) is 14.1. The number of nitrogens with two attached hydrogens (primary N) is 1. The van der Waals surface area contributed by atoms with Gasteiger partial charge in [-0.25, -0.2) is 0 Å². The third-order valence-electron chi connectivity index (χ3n) is 2.30. The minimum Gasteiger partial charge on any atom is -0.321 e. The molecule has 0 fully saturated rings. The fourth-order valence-electron chi connectivity index (χ4n) is 1.40. The van der Waals surface area contributed by atoms with Gasteiger partial charge in [0.1, 0.15) is 0 Å². The summed E-state index contributed by atoms with van der Waals surface area (Å²) in [5.74, 6) is 0. The van der Waals surface area contributed by atoms with Gasteiger partial charge in [0.25, 0.3) is 0 Å². The van der Waals surface area contributed by atoms with Gasteiger partial charge in [-0.2, -0.15) is 26.3 Å². The molecule has 0 aliphatic heterocycles. The van der Waals surface area contributed by atoms with Gasteiger partial charge in [0.15, 0.2) is 0 Å². The van der Waals surface area contributed by atoms with Crippen LogP contribution in [0.2, 0.25) is 0 Å². The minimum absolute atomic E-state index is 0.0543. The molecule has 1 aromatic rings. The maximum atomic E-state index is 12.7. The number of halogens is 6. The van der Waals surface area contributed by atoms with Gasteiger partial charge in [-0.3, -0.25) is 0 Å². The van der Waals surface area contributed by atoms with E-state index in [4.69, 9.17) is 5.73 Å².